The van der Waals surface area contributed by atoms with Gasteiger partial charge in [-0.05, 0) is 149 Å². The van der Waals surface area contributed by atoms with Crippen molar-refractivity contribution in [2.75, 3.05) is 53.5 Å². The zero-order chi connectivity index (χ0) is 44.4. The molecule has 2 aliphatic heterocycles. The van der Waals surface area contributed by atoms with Crippen LogP contribution in [0.2, 0.25) is 0 Å². The first-order valence-electron chi connectivity index (χ1n) is 22.2. The van der Waals surface area contributed by atoms with E-state index in [-0.39, 0.29) is 35.8 Å². The number of ether oxygens (including phenoxy) is 2. The molecule has 0 bridgehead atoms. The number of urea groups is 2. The molecule has 2 fully saturated rings. The van der Waals surface area contributed by atoms with Gasteiger partial charge in [0.05, 0.1) is 13.2 Å². The number of hydrogen-bond donors (Lipinski definition) is 2. The summed E-state index contributed by atoms with van der Waals surface area (Å²) in [6.07, 6.45) is 3.75. The standard InChI is InChI=1S/2C25H34FN3O2/c2*1-19(2)18-31-24-10-6-20(7-11-24)16-27-25(30)29(23-12-14-28(3)15-13-23)17-21-4-8-22(26)9-5-21/h2*4-11,19,23H,12-18H2,1-3H3,(H,27,30). The zero-order valence-corrected chi connectivity index (χ0v) is 37.6. The summed E-state index contributed by atoms with van der Waals surface area (Å²) in [4.78, 5) is 34.6. The van der Waals surface area contributed by atoms with E-state index in [2.05, 4.69) is 62.2 Å². The summed E-state index contributed by atoms with van der Waals surface area (Å²) >= 11 is 0. The van der Waals surface area contributed by atoms with Gasteiger partial charge in [-0.2, -0.15) is 0 Å². The number of amides is 4. The predicted molar refractivity (Wildman–Crippen MR) is 243 cm³/mol. The number of halogens is 2. The highest BCUT2D eigenvalue weighted by atomic mass is 19.1. The van der Waals surface area contributed by atoms with Crippen LogP contribution >= 0.6 is 0 Å². The van der Waals surface area contributed by atoms with E-state index in [0.29, 0.717) is 51.2 Å². The Morgan fingerprint density at radius 3 is 1.16 bits per heavy atom. The largest absolute Gasteiger partial charge is 0.493 e. The fourth-order valence-corrected chi connectivity index (χ4v) is 7.41. The van der Waals surface area contributed by atoms with E-state index >= 15 is 0 Å². The van der Waals surface area contributed by atoms with Crippen molar-refractivity contribution in [3.63, 3.8) is 0 Å². The van der Waals surface area contributed by atoms with Crippen molar-refractivity contribution in [3.8, 4) is 11.5 Å². The molecule has 0 radical (unpaired) electrons. The lowest BCUT2D eigenvalue weighted by Crippen LogP contribution is -2.49. The molecule has 0 saturated carbocycles. The Hall–Kier alpha value is -5.20. The van der Waals surface area contributed by atoms with Gasteiger partial charge in [-0.1, -0.05) is 76.2 Å². The van der Waals surface area contributed by atoms with Gasteiger partial charge in [0, 0.05) is 38.3 Å². The molecule has 12 heteroatoms. The van der Waals surface area contributed by atoms with Gasteiger partial charge < -0.3 is 39.7 Å². The Morgan fingerprint density at radius 1 is 0.548 bits per heavy atom. The molecule has 10 nitrogen and oxygen atoms in total. The van der Waals surface area contributed by atoms with Crippen LogP contribution in [0.25, 0.3) is 0 Å². The summed E-state index contributed by atoms with van der Waals surface area (Å²) in [6, 6.07) is 28.7. The molecule has 4 aromatic rings. The van der Waals surface area contributed by atoms with E-state index < -0.39 is 0 Å². The molecule has 4 amide bonds. The SMILES string of the molecule is CC(C)COc1ccc(CNC(=O)N(Cc2ccc(F)cc2)C2CCN(C)CC2)cc1.CC(C)COc1ccc(CNC(=O)N(Cc2ccc(F)cc2)C2CCN(C)CC2)cc1. The lowest BCUT2D eigenvalue weighted by molar-refractivity contribution is 0.126. The molecule has 4 aromatic carbocycles. The quantitative estimate of drug-likeness (QED) is 0.117. The Bertz CT molecular complexity index is 1770. The minimum Gasteiger partial charge on any atom is -0.493 e. The molecular weight excluding hydrogens is 787 g/mol. The number of piperidine rings is 2. The van der Waals surface area contributed by atoms with Gasteiger partial charge in [0.25, 0.3) is 0 Å². The maximum absolute atomic E-state index is 13.3. The van der Waals surface area contributed by atoms with Crippen LogP contribution in [0.15, 0.2) is 97.1 Å². The van der Waals surface area contributed by atoms with Crippen molar-refractivity contribution in [1.82, 2.24) is 30.2 Å². The number of nitrogens with zero attached hydrogens (tertiary/aromatic N) is 4. The summed E-state index contributed by atoms with van der Waals surface area (Å²) in [5.41, 5.74) is 3.91. The average molecular weight is 855 g/mol. The monoisotopic (exact) mass is 855 g/mol. The van der Waals surface area contributed by atoms with Gasteiger partial charge in [-0.15, -0.1) is 0 Å². The summed E-state index contributed by atoms with van der Waals surface area (Å²) in [5.74, 6) is 2.11. The predicted octanol–water partition coefficient (Wildman–Crippen LogP) is 9.33. The van der Waals surface area contributed by atoms with Crippen LogP contribution < -0.4 is 20.1 Å². The Balaban J connectivity index is 0.000000234. The number of likely N-dealkylation sites (tertiary alicyclic amines) is 2. The van der Waals surface area contributed by atoms with Gasteiger partial charge in [0.1, 0.15) is 23.1 Å². The molecule has 0 spiro atoms. The molecule has 6 rings (SSSR count). The van der Waals surface area contributed by atoms with Gasteiger partial charge in [0.2, 0.25) is 0 Å². The van der Waals surface area contributed by atoms with Crippen molar-refractivity contribution in [3.05, 3.63) is 131 Å². The maximum Gasteiger partial charge on any atom is 0.318 e. The molecule has 2 saturated heterocycles. The smallest absolute Gasteiger partial charge is 0.318 e. The number of rotatable bonds is 16. The van der Waals surface area contributed by atoms with Crippen LogP contribution in [-0.4, -0.2) is 97.2 Å². The van der Waals surface area contributed by atoms with Crippen molar-refractivity contribution >= 4 is 12.1 Å². The Kier molecular flexibility index (Phi) is 18.9. The average Bonchev–Trinajstić information content (AvgIpc) is 3.27. The van der Waals surface area contributed by atoms with E-state index in [9.17, 15) is 18.4 Å². The van der Waals surface area contributed by atoms with Gasteiger partial charge in [0.15, 0.2) is 0 Å². The topological polar surface area (TPSA) is 89.6 Å². The maximum atomic E-state index is 13.3. The van der Waals surface area contributed by atoms with Crippen LogP contribution in [0.1, 0.15) is 75.6 Å². The molecule has 0 unspecified atom stereocenters. The van der Waals surface area contributed by atoms with Crippen LogP contribution in [0.3, 0.4) is 0 Å². The van der Waals surface area contributed by atoms with Crippen molar-refractivity contribution in [2.45, 2.75) is 91.6 Å². The van der Waals surface area contributed by atoms with Crippen LogP contribution in [0, 0.1) is 23.5 Å². The minimum atomic E-state index is -0.264. The summed E-state index contributed by atoms with van der Waals surface area (Å²) in [7, 11) is 4.21. The number of benzene rings is 4. The first-order chi connectivity index (χ1) is 29.8. The fraction of sp³-hybridized carbons (Fsp3) is 0.480. The van der Waals surface area contributed by atoms with E-state index in [1.165, 1.54) is 24.3 Å². The van der Waals surface area contributed by atoms with Crippen LogP contribution in [-0.2, 0) is 26.2 Å². The molecule has 62 heavy (non-hydrogen) atoms. The van der Waals surface area contributed by atoms with E-state index in [1.807, 2.05) is 58.3 Å². The second-order valence-electron chi connectivity index (χ2n) is 17.6. The lowest BCUT2D eigenvalue weighted by Gasteiger charge is -2.37. The third kappa shape index (κ3) is 16.2. The molecule has 0 atom stereocenters. The van der Waals surface area contributed by atoms with Crippen LogP contribution in [0.5, 0.6) is 11.5 Å². The number of nitrogens with one attached hydrogen (secondary N) is 2. The Morgan fingerprint density at radius 2 is 0.855 bits per heavy atom. The van der Waals surface area contributed by atoms with Gasteiger partial charge in [-0.25, -0.2) is 18.4 Å². The molecular formula is C50H68F2N6O4. The number of carbonyl (C=O) groups excluding carboxylic acids is 2. The van der Waals surface area contributed by atoms with Gasteiger partial charge in [-0.3, -0.25) is 0 Å². The van der Waals surface area contributed by atoms with Crippen molar-refractivity contribution in [2.24, 2.45) is 11.8 Å². The highest BCUT2D eigenvalue weighted by Crippen LogP contribution is 2.22. The van der Waals surface area contributed by atoms with E-state index in [4.69, 9.17) is 9.47 Å². The normalized spacial score (nSPS) is 15.1. The third-order valence-corrected chi connectivity index (χ3v) is 11.2. The van der Waals surface area contributed by atoms with Crippen LogP contribution in [0.4, 0.5) is 18.4 Å². The number of carbonyl (C=O) groups is 2. The minimum absolute atomic E-state index is 0.0842. The molecule has 336 valence electrons. The molecule has 2 N–H and O–H groups in total. The first-order valence-corrected chi connectivity index (χ1v) is 22.2. The lowest BCUT2D eigenvalue weighted by atomic mass is 10.0. The van der Waals surface area contributed by atoms with E-state index in [1.54, 1.807) is 24.3 Å². The molecule has 2 heterocycles. The highest BCUT2D eigenvalue weighted by Gasteiger charge is 2.28. The molecule has 0 aliphatic carbocycles. The summed E-state index contributed by atoms with van der Waals surface area (Å²) in [5, 5.41) is 6.13. The fourth-order valence-electron chi connectivity index (χ4n) is 7.41. The summed E-state index contributed by atoms with van der Waals surface area (Å²) < 4.78 is 38.0. The first kappa shape index (κ1) is 47.8. The van der Waals surface area contributed by atoms with E-state index in [0.717, 1.165) is 85.6 Å². The molecule has 0 aromatic heterocycles. The second kappa shape index (κ2) is 24.4. The van der Waals surface area contributed by atoms with Crippen molar-refractivity contribution < 1.29 is 27.8 Å². The third-order valence-electron chi connectivity index (χ3n) is 11.2. The van der Waals surface area contributed by atoms with Gasteiger partial charge >= 0.3 is 12.1 Å². The summed E-state index contributed by atoms with van der Waals surface area (Å²) in [6.45, 7) is 15.6. The Labute approximate surface area is 368 Å². The molecule has 2 aliphatic rings. The second-order valence-corrected chi connectivity index (χ2v) is 17.6. The highest BCUT2D eigenvalue weighted by molar-refractivity contribution is 5.75. The van der Waals surface area contributed by atoms with Crippen molar-refractivity contribution in [1.29, 1.82) is 0 Å². The zero-order valence-electron chi connectivity index (χ0n) is 37.6. The number of hydrogen-bond acceptors (Lipinski definition) is 6.